The monoisotopic (exact) mass is 437 g/mol. The predicted octanol–water partition coefficient (Wildman–Crippen LogP) is 3.93. The lowest BCUT2D eigenvalue weighted by Gasteiger charge is -2.26. The highest BCUT2D eigenvalue weighted by molar-refractivity contribution is 9.10. The van der Waals surface area contributed by atoms with Crippen molar-refractivity contribution in [2.75, 3.05) is 39.4 Å². The molecule has 1 aliphatic heterocycles. The first-order valence-electron chi connectivity index (χ1n) is 8.20. The Labute approximate surface area is 165 Å². The predicted molar refractivity (Wildman–Crippen MR) is 104 cm³/mol. The van der Waals surface area contributed by atoms with E-state index in [1.54, 1.807) is 24.3 Å². The number of carbonyl (C=O) groups is 1. The minimum Gasteiger partial charge on any atom is -0.493 e. The average Bonchev–Trinajstić information content (AvgIpc) is 2.67. The number of benzene rings is 2. The van der Waals surface area contributed by atoms with E-state index >= 15 is 0 Å². The number of hydrogen-bond donors (Lipinski definition) is 0. The minimum atomic E-state index is -0.187. The van der Waals surface area contributed by atoms with Gasteiger partial charge < -0.3 is 23.7 Å². The first-order valence-corrected chi connectivity index (χ1v) is 8.99. The summed E-state index contributed by atoms with van der Waals surface area (Å²) in [5.74, 6) is 2.37. The summed E-state index contributed by atoms with van der Waals surface area (Å²) in [7, 11) is 4.58. The molecule has 2 aromatic carbocycles. The van der Waals surface area contributed by atoms with Gasteiger partial charge in [0.1, 0.15) is 13.2 Å². The molecule has 0 saturated heterocycles. The second-order valence-corrected chi connectivity index (χ2v) is 6.54. The SMILES string of the molecule is COc1cc(N(C(C)=O)c2cc(Br)c3c(c2)OCCO3)cc(OC)c1OC. The van der Waals surface area contributed by atoms with Crippen LogP contribution in [0.25, 0.3) is 0 Å². The number of anilines is 2. The van der Waals surface area contributed by atoms with E-state index in [1.165, 1.54) is 33.2 Å². The van der Waals surface area contributed by atoms with E-state index in [0.29, 0.717) is 57.8 Å². The summed E-state index contributed by atoms with van der Waals surface area (Å²) in [4.78, 5) is 14.0. The van der Waals surface area contributed by atoms with Crippen LogP contribution in [0.3, 0.4) is 0 Å². The van der Waals surface area contributed by atoms with Gasteiger partial charge in [0.05, 0.1) is 37.2 Å². The van der Waals surface area contributed by atoms with Crippen molar-refractivity contribution in [3.8, 4) is 28.7 Å². The molecule has 0 N–H and O–H groups in total. The highest BCUT2D eigenvalue weighted by Gasteiger charge is 2.24. The average molecular weight is 438 g/mol. The maximum atomic E-state index is 12.5. The van der Waals surface area contributed by atoms with E-state index in [1.807, 2.05) is 0 Å². The van der Waals surface area contributed by atoms with Gasteiger partial charge in [0.15, 0.2) is 23.0 Å². The third kappa shape index (κ3) is 3.62. The molecule has 1 amide bonds. The Morgan fingerprint density at radius 1 is 0.963 bits per heavy atom. The molecule has 0 atom stereocenters. The number of carbonyl (C=O) groups excluding carboxylic acids is 1. The second kappa shape index (κ2) is 7.96. The smallest absolute Gasteiger partial charge is 0.228 e. The standard InChI is InChI=1S/C19H20BrNO6/c1-11(22)21(12-7-14(20)18-17(10-12)26-5-6-27-18)13-8-15(23-2)19(25-4)16(9-13)24-3/h7-10H,5-6H2,1-4H3. The van der Waals surface area contributed by atoms with Gasteiger partial charge in [0, 0.05) is 25.1 Å². The van der Waals surface area contributed by atoms with Gasteiger partial charge in [0.25, 0.3) is 0 Å². The van der Waals surface area contributed by atoms with Crippen LogP contribution in [0.4, 0.5) is 11.4 Å². The Balaban J connectivity index is 2.15. The van der Waals surface area contributed by atoms with Gasteiger partial charge in [0.2, 0.25) is 11.7 Å². The molecule has 7 nitrogen and oxygen atoms in total. The van der Waals surface area contributed by atoms with Crippen LogP contribution in [-0.4, -0.2) is 40.5 Å². The molecule has 0 bridgehead atoms. The van der Waals surface area contributed by atoms with Gasteiger partial charge in [-0.15, -0.1) is 0 Å². The van der Waals surface area contributed by atoms with Crippen molar-refractivity contribution in [3.63, 3.8) is 0 Å². The summed E-state index contributed by atoms with van der Waals surface area (Å²) >= 11 is 3.49. The molecule has 0 unspecified atom stereocenters. The molecule has 1 heterocycles. The molecule has 0 saturated carbocycles. The topological polar surface area (TPSA) is 66.5 Å². The molecule has 0 aromatic heterocycles. The van der Waals surface area contributed by atoms with Gasteiger partial charge in [-0.2, -0.15) is 0 Å². The van der Waals surface area contributed by atoms with E-state index in [4.69, 9.17) is 23.7 Å². The van der Waals surface area contributed by atoms with Gasteiger partial charge in [-0.25, -0.2) is 0 Å². The highest BCUT2D eigenvalue weighted by Crippen LogP contribution is 2.45. The third-order valence-electron chi connectivity index (χ3n) is 4.06. The van der Waals surface area contributed by atoms with E-state index < -0.39 is 0 Å². The molecule has 8 heteroatoms. The van der Waals surface area contributed by atoms with Crippen LogP contribution in [0.15, 0.2) is 28.7 Å². The van der Waals surface area contributed by atoms with Crippen LogP contribution in [0.1, 0.15) is 6.92 Å². The molecule has 0 aliphatic carbocycles. The highest BCUT2D eigenvalue weighted by atomic mass is 79.9. The van der Waals surface area contributed by atoms with Crippen molar-refractivity contribution >= 4 is 33.2 Å². The number of methoxy groups -OCH3 is 3. The lowest BCUT2D eigenvalue weighted by atomic mass is 10.2. The summed E-state index contributed by atoms with van der Waals surface area (Å²) in [5.41, 5.74) is 1.19. The molecular formula is C19H20BrNO6. The first-order chi connectivity index (χ1) is 13.0. The Morgan fingerprint density at radius 2 is 1.56 bits per heavy atom. The molecule has 0 fully saturated rings. The Morgan fingerprint density at radius 3 is 2.11 bits per heavy atom. The summed E-state index contributed by atoms with van der Waals surface area (Å²) in [6.07, 6.45) is 0. The molecular weight excluding hydrogens is 418 g/mol. The molecule has 27 heavy (non-hydrogen) atoms. The van der Waals surface area contributed by atoms with Gasteiger partial charge in [-0.05, 0) is 22.0 Å². The number of amides is 1. The Hall–Kier alpha value is -2.61. The summed E-state index contributed by atoms with van der Waals surface area (Å²) in [6.45, 7) is 2.41. The van der Waals surface area contributed by atoms with Crippen molar-refractivity contribution in [1.29, 1.82) is 0 Å². The summed E-state index contributed by atoms with van der Waals surface area (Å²) in [5, 5.41) is 0. The van der Waals surface area contributed by atoms with Crippen molar-refractivity contribution in [2.45, 2.75) is 6.92 Å². The summed E-state index contributed by atoms with van der Waals surface area (Å²) in [6, 6.07) is 7.00. The Bertz CT molecular complexity index is 845. The number of rotatable bonds is 5. The number of halogens is 1. The fourth-order valence-electron chi connectivity index (χ4n) is 2.94. The molecule has 0 spiro atoms. The molecule has 0 radical (unpaired) electrons. The van der Waals surface area contributed by atoms with Crippen LogP contribution in [-0.2, 0) is 4.79 Å². The number of nitrogens with zero attached hydrogens (tertiary/aromatic N) is 1. The van der Waals surface area contributed by atoms with E-state index in [9.17, 15) is 4.79 Å². The zero-order valence-corrected chi connectivity index (χ0v) is 17.1. The van der Waals surface area contributed by atoms with Crippen molar-refractivity contribution < 1.29 is 28.5 Å². The van der Waals surface area contributed by atoms with E-state index in [-0.39, 0.29) is 5.91 Å². The van der Waals surface area contributed by atoms with Crippen molar-refractivity contribution in [1.82, 2.24) is 0 Å². The quantitative estimate of drug-likeness (QED) is 0.705. The largest absolute Gasteiger partial charge is 0.493 e. The van der Waals surface area contributed by atoms with Crippen LogP contribution < -0.4 is 28.6 Å². The van der Waals surface area contributed by atoms with Gasteiger partial charge in [-0.3, -0.25) is 9.69 Å². The number of hydrogen-bond acceptors (Lipinski definition) is 6. The fourth-order valence-corrected chi connectivity index (χ4v) is 3.48. The first kappa shape index (κ1) is 19.2. The second-order valence-electron chi connectivity index (χ2n) is 5.69. The van der Waals surface area contributed by atoms with Gasteiger partial charge in [-0.1, -0.05) is 0 Å². The maximum Gasteiger partial charge on any atom is 0.228 e. The van der Waals surface area contributed by atoms with E-state index in [0.717, 1.165) is 0 Å². The van der Waals surface area contributed by atoms with Crippen LogP contribution in [0.5, 0.6) is 28.7 Å². The van der Waals surface area contributed by atoms with E-state index in [2.05, 4.69) is 15.9 Å². The molecule has 1 aliphatic rings. The normalized spacial score (nSPS) is 12.3. The van der Waals surface area contributed by atoms with Crippen molar-refractivity contribution in [2.24, 2.45) is 0 Å². The zero-order valence-electron chi connectivity index (χ0n) is 15.5. The van der Waals surface area contributed by atoms with Crippen molar-refractivity contribution in [3.05, 3.63) is 28.7 Å². The zero-order chi connectivity index (χ0) is 19.6. The van der Waals surface area contributed by atoms with Crippen LogP contribution >= 0.6 is 15.9 Å². The Kier molecular flexibility index (Phi) is 5.65. The summed E-state index contributed by atoms with van der Waals surface area (Å²) < 4.78 is 28.2. The maximum absolute atomic E-state index is 12.5. The molecule has 2 aromatic rings. The third-order valence-corrected chi connectivity index (χ3v) is 4.65. The number of ether oxygens (including phenoxy) is 5. The van der Waals surface area contributed by atoms with Gasteiger partial charge >= 0.3 is 0 Å². The lowest BCUT2D eigenvalue weighted by molar-refractivity contribution is -0.115. The molecule has 144 valence electrons. The van der Waals surface area contributed by atoms with Crippen LogP contribution in [0, 0.1) is 0 Å². The van der Waals surface area contributed by atoms with Crippen LogP contribution in [0.2, 0.25) is 0 Å². The molecule has 3 rings (SSSR count). The minimum absolute atomic E-state index is 0.187. The lowest BCUT2D eigenvalue weighted by Crippen LogP contribution is -2.24. The fraction of sp³-hybridized carbons (Fsp3) is 0.316. The number of fused-ring (bicyclic) bond motifs is 1.